The highest BCUT2D eigenvalue weighted by Gasteiger charge is 2.44. The Hall–Kier alpha value is -1.81. The van der Waals surface area contributed by atoms with Crippen molar-refractivity contribution in [1.82, 2.24) is 19.5 Å². The lowest BCUT2D eigenvalue weighted by Gasteiger charge is -2.16. The Kier molecular flexibility index (Phi) is 4.55. The number of hydrogen-bond acceptors (Lipinski definition) is 8. The minimum absolute atomic E-state index is 0.371. The van der Waals surface area contributed by atoms with Gasteiger partial charge in [-0.2, -0.15) is 0 Å². The van der Waals surface area contributed by atoms with Crippen LogP contribution >= 0.6 is 0 Å². The van der Waals surface area contributed by atoms with Crippen LogP contribution in [-0.2, 0) is 4.74 Å². The summed E-state index contributed by atoms with van der Waals surface area (Å²) in [5.41, 5.74) is 1.11. The summed E-state index contributed by atoms with van der Waals surface area (Å²) in [6.45, 7) is 0.483. The summed E-state index contributed by atoms with van der Waals surface area (Å²) in [5, 5.41) is 32.8. The number of aliphatic hydroxyl groups excluding tert-OH is 3. The molecule has 1 saturated heterocycles. The Labute approximate surface area is 144 Å². The van der Waals surface area contributed by atoms with Crippen molar-refractivity contribution in [3.63, 3.8) is 0 Å². The number of hydrogen-bond donors (Lipinski definition) is 4. The van der Waals surface area contributed by atoms with Crippen molar-refractivity contribution in [2.24, 2.45) is 5.92 Å². The first kappa shape index (κ1) is 16.6. The first-order valence-electron chi connectivity index (χ1n) is 8.73. The molecule has 4 N–H and O–H groups in total. The normalized spacial score (nSPS) is 30.4. The van der Waals surface area contributed by atoms with Crippen LogP contribution in [0, 0.1) is 5.92 Å². The van der Waals surface area contributed by atoms with Gasteiger partial charge in [-0.05, 0) is 18.8 Å². The Morgan fingerprint density at radius 2 is 1.96 bits per heavy atom. The third kappa shape index (κ3) is 2.97. The second-order valence-corrected chi connectivity index (χ2v) is 6.81. The molecule has 136 valence electrons. The number of fused-ring (bicyclic) bond motifs is 1. The van der Waals surface area contributed by atoms with Gasteiger partial charge >= 0.3 is 0 Å². The zero-order chi connectivity index (χ0) is 17.4. The van der Waals surface area contributed by atoms with E-state index in [0.717, 1.165) is 6.54 Å². The highest BCUT2D eigenvalue weighted by molar-refractivity contribution is 5.82. The molecule has 3 heterocycles. The number of aliphatic hydroxyl groups is 3. The van der Waals surface area contributed by atoms with Crippen LogP contribution in [0.25, 0.3) is 11.2 Å². The molecular weight excluding hydrogens is 326 g/mol. The molecule has 4 rings (SSSR count). The van der Waals surface area contributed by atoms with Gasteiger partial charge in [0.1, 0.15) is 24.6 Å². The van der Waals surface area contributed by atoms with Gasteiger partial charge in [0, 0.05) is 6.54 Å². The van der Waals surface area contributed by atoms with Crippen molar-refractivity contribution in [3.05, 3.63) is 12.7 Å². The first-order chi connectivity index (χ1) is 12.2. The van der Waals surface area contributed by atoms with Crippen LogP contribution < -0.4 is 5.32 Å². The topological polar surface area (TPSA) is 126 Å². The molecule has 0 radical (unpaired) electrons. The second kappa shape index (κ2) is 6.83. The summed E-state index contributed by atoms with van der Waals surface area (Å²) < 4.78 is 7.13. The first-order valence-corrected chi connectivity index (χ1v) is 8.73. The Morgan fingerprint density at radius 3 is 2.68 bits per heavy atom. The van der Waals surface area contributed by atoms with E-state index in [1.165, 1.54) is 38.3 Å². The molecule has 9 heteroatoms. The van der Waals surface area contributed by atoms with Crippen molar-refractivity contribution in [2.75, 3.05) is 18.5 Å². The predicted octanol–water partition coefficient (Wildman–Crippen LogP) is 0.0399. The predicted molar refractivity (Wildman–Crippen MR) is 88.8 cm³/mol. The van der Waals surface area contributed by atoms with E-state index in [1.54, 1.807) is 4.57 Å². The van der Waals surface area contributed by atoms with Crippen molar-refractivity contribution < 1.29 is 20.1 Å². The number of aromatic nitrogens is 4. The number of nitrogens with zero attached hydrogens (tertiary/aromatic N) is 4. The van der Waals surface area contributed by atoms with E-state index in [-0.39, 0.29) is 6.61 Å². The van der Waals surface area contributed by atoms with E-state index < -0.39 is 24.5 Å². The van der Waals surface area contributed by atoms with Gasteiger partial charge in [0.25, 0.3) is 0 Å². The highest BCUT2D eigenvalue weighted by Crippen LogP contribution is 2.32. The Morgan fingerprint density at radius 1 is 1.16 bits per heavy atom. The number of imidazole rings is 1. The van der Waals surface area contributed by atoms with Crippen molar-refractivity contribution >= 4 is 17.0 Å². The number of anilines is 1. The molecular formula is C16H23N5O4. The molecule has 2 aromatic rings. The fourth-order valence-corrected chi connectivity index (χ4v) is 3.73. The van der Waals surface area contributed by atoms with E-state index in [1.807, 2.05) is 0 Å². The molecule has 0 spiro atoms. The SMILES string of the molecule is OC[C@H]1O[C@@H](n2cnc3c(NCC4CCCC4)ncnc32)[C@@H](O)C1O. The van der Waals surface area contributed by atoms with E-state index in [2.05, 4.69) is 20.3 Å². The minimum atomic E-state index is -1.17. The molecule has 0 amide bonds. The summed E-state index contributed by atoms with van der Waals surface area (Å²) in [6.07, 6.45) is 3.98. The van der Waals surface area contributed by atoms with Gasteiger partial charge in [-0.3, -0.25) is 4.57 Å². The van der Waals surface area contributed by atoms with Crippen LogP contribution in [0.4, 0.5) is 5.82 Å². The lowest BCUT2D eigenvalue weighted by Crippen LogP contribution is -2.33. The Bertz CT molecular complexity index is 732. The van der Waals surface area contributed by atoms with Crippen LogP contribution in [0.1, 0.15) is 31.9 Å². The lowest BCUT2D eigenvalue weighted by atomic mass is 10.1. The van der Waals surface area contributed by atoms with Crippen LogP contribution in [0.2, 0.25) is 0 Å². The monoisotopic (exact) mass is 349 g/mol. The average Bonchev–Trinajstić information content (AvgIpc) is 3.34. The van der Waals surface area contributed by atoms with Crippen LogP contribution in [0.5, 0.6) is 0 Å². The lowest BCUT2D eigenvalue weighted by molar-refractivity contribution is -0.0511. The van der Waals surface area contributed by atoms with Gasteiger partial charge in [0.15, 0.2) is 23.2 Å². The maximum Gasteiger partial charge on any atom is 0.167 e. The van der Waals surface area contributed by atoms with Crippen molar-refractivity contribution in [2.45, 2.75) is 50.2 Å². The number of nitrogens with one attached hydrogen (secondary N) is 1. The number of rotatable bonds is 5. The standard InChI is InChI=1S/C16H23N5O4/c22-6-10-12(23)13(24)16(25-10)21-8-20-11-14(18-7-19-15(11)21)17-5-9-3-1-2-4-9/h7-10,12-13,16,22-24H,1-6H2,(H,17,18,19)/t10-,12?,13+,16-/m1/s1. The minimum Gasteiger partial charge on any atom is -0.394 e. The molecule has 0 aromatic carbocycles. The summed E-state index contributed by atoms with van der Waals surface area (Å²) in [4.78, 5) is 12.9. The maximum absolute atomic E-state index is 10.2. The van der Waals surface area contributed by atoms with E-state index in [0.29, 0.717) is 22.9 Å². The highest BCUT2D eigenvalue weighted by atomic mass is 16.6. The van der Waals surface area contributed by atoms with Crippen LogP contribution in [-0.4, -0.2) is 66.3 Å². The molecule has 1 aliphatic carbocycles. The molecule has 25 heavy (non-hydrogen) atoms. The molecule has 4 atom stereocenters. The zero-order valence-electron chi connectivity index (χ0n) is 13.8. The summed E-state index contributed by atoms with van der Waals surface area (Å²) in [5.74, 6) is 1.31. The molecule has 2 aliphatic rings. The third-order valence-electron chi connectivity index (χ3n) is 5.18. The van der Waals surface area contributed by atoms with E-state index in [4.69, 9.17) is 4.74 Å². The maximum atomic E-state index is 10.2. The van der Waals surface area contributed by atoms with Gasteiger partial charge in [-0.15, -0.1) is 0 Å². The smallest absolute Gasteiger partial charge is 0.167 e. The van der Waals surface area contributed by atoms with Gasteiger partial charge in [-0.1, -0.05) is 12.8 Å². The van der Waals surface area contributed by atoms with Crippen molar-refractivity contribution in [1.29, 1.82) is 0 Å². The fourth-order valence-electron chi connectivity index (χ4n) is 3.73. The van der Waals surface area contributed by atoms with Gasteiger partial charge in [-0.25, -0.2) is 15.0 Å². The Balaban J connectivity index is 1.58. The molecule has 0 bridgehead atoms. The van der Waals surface area contributed by atoms with Gasteiger partial charge < -0.3 is 25.4 Å². The van der Waals surface area contributed by atoms with E-state index in [9.17, 15) is 15.3 Å². The molecule has 1 saturated carbocycles. The summed E-state index contributed by atoms with van der Waals surface area (Å²) >= 11 is 0. The molecule has 2 fully saturated rings. The molecule has 9 nitrogen and oxygen atoms in total. The fraction of sp³-hybridized carbons (Fsp3) is 0.688. The van der Waals surface area contributed by atoms with Crippen LogP contribution in [0.15, 0.2) is 12.7 Å². The quantitative estimate of drug-likeness (QED) is 0.596. The van der Waals surface area contributed by atoms with Crippen LogP contribution in [0.3, 0.4) is 0 Å². The zero-order valence-corrected chi connectivity index (χ0v) is 13.8. The average molecular weight is 349 g/mol. The second-order valence-electron chi connectivity index (χ2n) is 6.81. The van der Waals surface area contributed by atoms with Gasteiger partial charge in [0.2, 0.25) is 0 Å². The third-order valence-corrected chi connectivity index (χ3v) is 5.18. The largest absolute Gasteiger partial charge is 0.394 e. The molecule has 1 aliphatic heterocycles. The molecule has 1 unspecified atom stereocenters. The van der Waals surface area contributed by atoms with Gasteiger partial charge in [0.05, 0.1) is 12.9 Å². The van der Waals surface area contributed by atoms with Crippen molar-refractivity contribution in [3.8, 4) is 0 Å². The summed E-state index contributed by atoms with van der Waals surface area (Å²) in [7, 11) is 0. The molecule has 2 aromatic heterocycles. The number of ether oxygens (including phenoxy) is 1. The van der Waals surface area contributed by atoms with E-state index >= 15 is 0 Å². The summed E-state index contributed by atoms with van der Waals surface area (Å²) in [6, 6.07) is 0.